The Balaban J connectivity index is 2.70. The number of nitrogens with one attached hydrogen (secondary N) is 1. The van der Waals surface area contributed by atoms with Crippen molar-refractivity contribution in [2.75, 3.05) is 11.7 Å². The SMILES string of the molecule is CC(=O)/C(O)=C(\C)NCN(N=O)c1ccccc1. The summed E-state index contributed by atoms with van der Waals surface area (Å²) in [6.45, 7) is 2.87. The average molecular weight is 249 g/mol. The molecule has 1 aromatic rings. The first-order chi connectivity index (χ1) is 8.56. The highest BCUT2D eigenvalue weighted by Gasteiger charge is 2.09. The van der Waals surface area contributed by atoms with E-state index in [1.807, 2.05) is 6.07 Å². The molecule has 1 aromatic carbocycles. The molecule has 0 amide bonds. The number of aliphatic hydroxyl groups is 1. The van der Waals surface area contributed by atoms with Crippen LogP contribution in [-0.4, -0.2) is 17.6 Å². The van der Waals surface area contributed by atoms with E-state index in [1.165, 1.54) is 11.9 Å². The summed E-state index contributed by atoms with van der Waals surface area (Å²) in [5, 5.41) is 16.2. The van der Waals surface area contributed by atoms with E-state index >= 15 is 0 Å². The number of carbonyl (C=O) groups is 1. The van der Waals surface area contributed by atoms with Crippen molar-refractivity contribution in [3.63, 3.8) is 0 Å². The molecule has 0 aromatic heterocycles. The Morgan fingerprint density at radius 2 is 1.94 bits per heavy atom. The number of nitroso groups, excluding NO2 is 1. The van der Waals surface area contributed by atoms with Crippen LogP contribution in [-0.2, 0) is 4.79 Å². The lowest BCUT2D eigenvalue weighted by Crippen LogP contribution is -2.29. The van der Waals surface area contributed by atoms with Gasteiger partial charge in [0.2, 0.25) is 0 Å². The first-order valence-electron chi connectivity index (χ1n) is 5.36. The molecule has 0 aliphatic rings. The van der Waals surface area contributed by atoms with Gasteiger partial charge in [0.25, 0.3) is 0 Å². The van der Waals surface area contributed by atoms with Crippen LogP contribution < -0.4 is 10.3 Å². The van der Waals surface area contributed by atoms with Crippen LogP contribution in [0.3, 0.4) is 0 Å². The number of hydrogen-bond donors (Lipinski definition) is 2. The number of Topliss-reactive ketones (excluding diaryl/α,β-unsaturated/α-hetero) is 1. The predicted octanol–water partition coefficient (Wildman–Crippen LogP) is 2.10. The third kappa shape index (κ3) is 3.58. The molecule has 0 spiro atoms. The van der Waals surface area contributed by atoms with Crippen LogP contribution in [0.25, 0.3) is 0 Å². The number of rotatable bonds is 6. The van der Waals surface area contributed by atoms with Crippen molar-refractivity contribution in [3.8, 4) is 0 Å². The Labute approximate surface area is 105 Å². The van der Waals surface area contributed by atoms with Crippen LogP contribution in [0.5, 0.6) is 0 Å². The molecule has 0 atom stereocenters. The number of nitrogens with zero attached hydrogens (tertiary/aromatic N) is 2. The molecule has 0 aliphatic carbocycles. The number of aliphatic hydroxyl groups excluding tert-OH is 1. The van der Waals surface area contributed by atoms with Gasteiger partial charge in [-0.1, -0.05) is 18.2 Å². The van der Waals surface area contributed by atoms with Crippen LogP contribution in [0.2, 0.25) is 0 Å². The average Bonchev–Trinajstić information content (AvgIpc) is 2.39. The Morgan fingerprint density at radius 3 is 2.44 bits per heavy atom. The molecule has 0 heterocycles. The van der Waals surface area contributed by atoms with Crippen molar-refractivity contribution < 1.29 is 9.90 Å². The molecule has 0 unspecified atom stereocenters. The minimum atomic E-state index is -0.440. The second-order valence-electron chi connectivity index (χ2n) is 3.68. The fraction of sp³-hybridized carbons (Fsp3) is 0.250. The first-order valence-corrected chi connectivity index (χ1v) is 5.36. The number of carbonyl (C=O) groups excluding carboxylic acids is 1. The summed E-state index contributed by atoms with van der Waals surface area (Å²) in [7, 11) is 0. The van der Waals surface area contributed by atoms with E-state index in [2.05, 4.69) is 10.6 Å². The number of anilines is 1. The van der Waals surface area contributed by atoms with Crippen LogP contribution in [0.15, 0.2) is 47.1 Å². The van der Waals surface area contributed by atoms with Gasteiger partial charge in [0.15, 0.2) is 11.5 Å². The standard InChI is InChI=1S/C12H15N3O3/c1-9(12(17)10(2)16)13-8-15(14-18)11-6-4-3-5-7-11/h3-7,13,17H,8H2,1-2H3/b12-9-. The van der Waals surface area contributed by atoms with Gasteiger partial charge in [0, 0.05) is 6.92 Å². The molecule has 0 fully saturated rings. The van der Waals surface area contributed by atoms with Crippen LogP contribution >= 0.6 is 0 Å². The number of para-hydroxylation sites is 1. The molecule has 18 heavy (non-hydrogen) atoms. The number of benzene rings is 1. The van der Waals surface area contributed by atoms with E-state index in [0.717, 1.165) is 0 Å². The molecule has 1 rings (SSSR count). The van der Waals surface area contributed by atoms with Gasteiger partial charge in [0.1, 0.15) is 6.67 Å². The second-order valence-corrected chi connectivity index (χ2v) is 3.68. The maximum atomic E-state index is 10.9. The molecule has 0 saturated heterocycles. The van der Waals surface area contributed by atoms with Gasteiger partial charge in [0.05, 0.1) is 16.7 Å². The van der Waals surface area contributed by atoms with Gasteiger partial charge in [-0.3, -0.25) is 4.79 Å². The maximum Gasteiger partial charge on any atom is 0.195 e. The summed E-state index contributed by atoms with van der Waals surface area (Å²) in [6, 6.07) is 8.85. The summed E-state index contributed by atoms with van der Waals surface area (Å²) >= 11 is 0. The number of hydrogen-bond acceptors (Lipinski definition) is 5. The van der Waals surface area contributed by atoms with Crippen molar-refractivity contribution in [1.29, 1.82) is 0 Å². The zero-order valence-electron chi connectivity index (χ0n) is 10.3. The molecule has 96 valence electrons. The van der Waals surface area contributed by atoms with Crippen molar-refractivity contribution >= 4 is 11.5 Å². The molecule has 6 nitrogen and oxygen atoms in total. The van der Waals surface area contributed by atoms with Gasteiger partial charge in [-0.2, -0.15) is 0 Å². The van der Waals surface area contributed by atoms with E-state index in [9.17, 15) is 14.8 Å². The van der Waals surface area contributed by atoms with Gasteiger partial charge in [-0.15, -0.1) is 4.91 Å². The Hall–Kier alpha value is -2.37. The zero-order chi connectivity index (χ0) is 13.5. The van der Waals surface area contributed by atoms with Crippen LogP contribution in [0, 0.1) is 4.91 Å². The van der Waals surface area contributed by atoms with Gasteiger partial charge < -0.3 is 10.4 Å². The smallest absolute Gasteiger partial charge is 0.195 e. The third-order valence-electron chi connectivity index (χ3n) is 2.34. The minimum absolute atomic E-state index is 0.0662. The van der Waals surface area contributed by atoms with E-state index in [0.29, 0.717) is 11.4 Å². The highest BCUT2D eigenvalue weighted by molar-refractivity contribution is 5.91. The quantitative estimate of drug-likeness (QED) is 0.265. The van der Waals surface area contributed by atoms with Crippen molar-refractivity contribution in [2.45, 2.75) is 13.8 Å². The Kier molecular flexibility index (Phi) is 4.86. The van der Waals surface area contributed by atoms with Crippen LogP contribution in [0.1, 0.15) is 13.8 Å². The van der Waals surface area contributed by atoms with Gasteiger partial charge >= 0.3 is 0 Å². The number of ketones is 1. The Bertz CT molecular complexity index is 457. The molecular formula is C12H15N3O3. The summed E-state index contributed by atoms with van der Waals surface area (Å²) in [5.41, 5.74) is 0.919. The van der Waals surface area contributed by atoms with E-state index in [1.54, 1.807) is 31.2 Å². The predicted molar refractivity (Wildman–Crippen MR) is 68.7 cm³/mol. The highest BCUT2D eigenvalue weighted by Crippen LogP contribution is 2.12. The molecule has 6 heteroatoms. The first kappa shape index (κ1) is 13.7. The fourth-order valence-corrected chi connectivity index (χ4v) is 1.31. The minimum Gasteiger partial charge on any atom is -0.503 e. The molecule has 0 aliphatic heterocycles. The lowest BCUT2D eigenvalue weighted by atomic mass is 10.3. The van der Waals surface area contributed by atoms with E-state index in [4.69, 9.17) is 0 Å². The fourth-order valence-electron chi connectivity index (χ4n) is 1.31. The van der Waals surface area contributed by atoms with Crippen LogP contribution in [0.4, 0.5) is 5.69 Å². The van der Waals surface area contributed by atoms with Crippen molar-refractivity contribution in [1.82, 2.24) is 5.32 Å². The summed E-state index contributed by atoms with van der Waals surface area (Å²) < 4.78 is 0. The Morgan fingerprint density at radius 1 is 1.33 bits per heavy atom. The number of allylic oxidation sites excluding steroid dienone is 2. The topological polar surface area (TPSA) is 82.0 Å². The van der Waals surface area contributed by atoms with E-state index < -0.39 is 5.78 Å². The highest BCUT2D eigenvalue weighted by atomic mass is 16.3. The van der Waals surface area contributed by atoms with Gasteiger partial charge in [-0.05, 0) is 19.1 Å². The normalized spacial score (nSPS) is 11.4. The third-order valence-corrected chi connectivity index (χ3v) is 2.34. The van der Waals surface area contributed by atoms with E-state index in [-0.39, 0.29) is 12.4 Å². The maximum absolute atomic E-state index is 10.9. The second kappa shape index (κ2) is 6.39. The lowest BCUT2D eigenvalue weighted by molar-refractivity contribution is -0.116. The molecule has 0 bridgehead atoms. The summed E-state index contributed by atoms with van der Waals surface area (Å²) in [6.07, 6.45) is 0. The van der Waals surface area contributed by atoms with Crippen molar-refractivity contribution in [2.24, 2.45) is 5.29 Å². The summed E-state index contributed by atoms with van der Waals surface area (Å²) in [4.78, 5) is 21.6. The largest absolute Gasteiger partial charge is 0.503 e. The lowest BCUT2D eigenvalue weighted by Gasteiger charge is -2.17. The monoisotopic (exact) mass is 249 g/mol. The van der Waals surface area contributed by atoms with Crippen molar-refractivity contribution in [3.05, 3.63) is 46.7 Å². The zero-order valence-corrected chi connectivity index (χ0v) is 10.3. The van der Waals surface area contributed by atoms with Gasteiger partial charge in [-0.25, -0.2) is 5.01 Å². The summed E-state index contributed by atoms with van der Waals surface area (Å²) in [5.74, 6) is -0.792. The molecular weight excluding hydrogens is 234 g/mol. The molecule has 2 N–H and O–H groups in total. The molecule has 0 saturated carbocycles. The molecule has 0 radical (unpaired) electrons.